The van der Waals surface area contributed by atoms with E-state index in [1.165, 1.54) is 36.8 Å². The Hall–Kier alpha value is -1.21. The van der Waals surface area contributed by atoms with Gasteiger partial charge >= 0.3 is 0 Å². The predicted molar refractivity (Wildman–Crippen MR) is 98.3 cm³/mol. The minimum Gasteiger partial charge on any atom is -0.263 e. The van der Waals surface area contributed by atoms with Crippen molar-refractivity contribution in [2.24, 2.45) is 0 Å². The highest BCUT2D eigenvalue weighted by Crippen LogP contribution is 2.46. The van der Waals surface area contributed by atoms with Crippen molar-refractivity contribution in [2.45, 2.75) is 50.9 Å². The summed E-state index contributed by atoms with van der Waals surface area (Å²) in [6, 6.07) is 23.4. The maximum atomic E-state index is 2.74. The van der Waals surface area contributed by atoms with Crippen LogP contribution in [0.15, 0.2) is 60.7 Å². The van der Waals surface area contributed by atoms with Gasteiger partial charge in [0, 0.05) is 34.1 Å². The van der Waals surface area contributed by atoms with Crippen LogP contribution in [0.2, 0.25) is 0 Å². The molecule has 2 aromatic carbocycles. The molecule has 0 spiro atoms. The Kier molecular flexibility index (Phi) is 4.75. The molecule has 0 amide bonds. The van der Waals surface area contributed by atoms with Crippen LogP contribution >= 0.6 is 8.88 Å². The standard InChI is InChI=1S/C20H25N2P/c1-3-9-17(10-4-1)15-21-19-13-7-8-14-20(19)22(23-21)16-18-11-5-2-6-12-18/h1-6,9-12,19-20,23H,7-8,13-16H2/t19-,20-/m1/s1. The van der Waals surface area contributed by atoms with E-state index in [1.807, 2.05) is 0 Å². The van der Waals surface area contributed by atoms with E-state index >= 15 is 0 Å². The summed E-state index contributed by atoms with van der Waals surface area (Å²) < 4.78 is 5.48. The van der Waals surface area contributed by atoms with Gasteiger partial charge in [0.05, 0.1) is 0 Å². The predicted octanol–water partition coefficient (Wildman–Crippen LogP) is 4.82. The average Bonchev–Trinajstić information content (AvgIpc) is 2.95. The molecule has 0 bridgehead atoms. The smallest absolute Gasteiger partial charge is 0.0306 e. The molecule has 4 rings (SSSR count). The normalized spacial score (nSPS) is 25.4. The van der Waals surface area contributed by atoms with Crippen molar-refractivity contribution in [3.8, 4) is 0 Å². The van der Waals surface area contributed by atoms with Gasteiger partial charge in [-0.3, -0.25) is 9.34 Å². The number of nitrogens with zero attached hydrogens (tertiary/aromatic N) is 2. The third kappa shape index (κ3) is 3.50. The zero-order valence-electron chi connectivity index (χ0n) is 13.6. The van der Waals surface area contributed by atoms with Crippen LogP contribution in [0.4, 0.5) is 0 Å². The fourth-order valence-corrected chi connectivity index (χ4v) is 5.73. The summed E-state index contributed by atoms with van der Waals surface area (Å²) in [5.74, 6) is 0. The van der Waals surface area contributed by atoms with Crippen molar-refractivity contribution < 1.29 is 0 Å². The summed E-state index contributed by atoms with van der Waals surface area (Å²) in [5, 5.41) is 0. The second-order valence-corrected chi connectivity index (χ2v) is 8.10. The molecule has 2 aliphatic rings. The average molecular weight is 324 g/mol. The van der Waals surface area contributed by atoms with Gasteiger partial charge in [0.25, 0.3) is 0 Å². The van der Waals surface area contributed by atoms with Crippen molar-refractivity contribution in [3.05, 3.63) is 71.8 Å². The molecule has 2 aromatic rings. The molecule has 2 nitrogen and oxygen atoms in total. The van der Waals surface area contributed by atoms with E-state index in [2.05, 4.69) is 70.0 Å². The molecule has 2 fully saturated rings. The van der Waals surface area contributed by atoms with Gasteiger partial charge in [-0.1, -0.05) is 73.5 Å². The number of hydrogen-bond acceptors (Lipinski definition) is 2. The van der Waals surface area contributed by atoms with Crippen LogP contribution in [-0.2, 0) is 13.1 Å². The van der Waals surface area contributed by atoms with E-state index in [0.717, 1.165) is 34.1 Å². The second-order valence-electron chi connectivity index (χ2n) is 6.75. The number of hydrogen-bond donors (Lipinski definition) is 0. The summed E-state index contributed by atoms with van der Waals surface area (Å²) in [7, 11) is 0.823. The van der Waals surface area contributed by atoms with Crippen molar-refractivity contribution in [2.75, 3.05) is 0 Å². The molecule has 0 N–H and O–H groups in total. The highest BCUT2D eigenvalue weighted by molar-refractivity contribution is 7.32. The lowest BCUT2D eigenvalue weighted by Crippen LogP contribution is -2.39. The van der Waals surface area contributed by atoms with Gasteiger partial charge in [-0.25, -0.2) is 0 Å². The Labute approximate surface area is 141 Å². The highest BCUT2D eigenvalue weighted by atomic mass is 31.1. The van der Waals surface area contributed by atoms with E-state index in [9.17, 15) is 0 Å². The molecule has 3 heteroatoms. The van der Waals surface area contributed by atoms with Gasteiger partial charge < -0.3 is 0 Å². The third-order valence-corrected chi connectivity index (χ3v) is 6.64. The van der Waals surface area contributed by atoms with Crippen molar-refractivity contribution in [3.63, 3.8) is 0 Å². The van der Waals surface area contributed by atoms with Gasteiger partial charge in [-0.05, 0) is 24.0 Å². The van der Waals surface area contributed by atoms with Crippen molar-refractivity contribution in [1.82, 2.24) is 9.34 Å². The van der Waals surface area contributed by atoms with Gasteiger partial charge in [0.15, 0.2) is 0 Å². The summed E-state index contributed by atoms with van der Waals surface area (Å²) in [4.78, 5) is 0. The van der Waals surface area contributed by atoms with Crippen LogP contribution in [0.1, 0.15) is 36.8 Å². The highest BCUT2D eigenvalue weighted by Gasteiger charge is 2.41. The monoisotopic (exact) mass is 324 g/mol. The van der Waals surface area contributed by atoms with E-state index in [1.54, 1.807) is 0 Å². The number of benzene rings is 2. The first-order chi connectivity index (χ1) is 11.4. The van der Waals surface area contributed by atoms with E-state index in [0.29, 0.717) is 0 Å². The third-order valence-electron chi connectivity index (χ3n) is 5.14. The zero-order chi connectivity index (χ0) is 15.5. The van der Waals surface area contributed by atoms with Gasteiger partial charge in [0.1, 0.15) is 0 Å². The number of rotatable bonds is 4. The molecule has 1 saturated carbocycles. The van der Waals surface area contributed by atoms with Crippen molar-refractivity contribution >= 4 is 8.88 Å². The minimum absolute atomic E-state index is 0.756. The molecule has 1 heterocycles. The van der Waals surface area contributed by atoms with Gasteiger partial charge in [-0.15, -0.1) is 0 Å². The molecule has 1 saturated heterocycles. The fraction of sp³-hybridized carbons (Fsp3) is 0.400. The molecule has 0 radical (unpaired) electrons. The first-order valence-electron chi connectivity index (χ1n) is 8.77. The second kappa shape index (κ2) is 7.13. The molecule has 1 aliphatic heterocycles. The lowest BCUT2D eigenvalue weighted by molar-refractivity contribution is 0.197. The lowest BCUT2D eigenvalue weighted by Gasteiger charge is -2.32. The van der Waals surface area contributed by atoms with Crippen LogP contribution in [-0.4, -0.2) is 21.4 Å². The maximum absolute atomic E-state index is 2.74. The Balaban J connectivity index is 1.50. The Morgan fingerprint density at radius 1 is 0.696 bits per heavy atom. The molecular formula is C20H25N2P. The first-order valence-corrected chi connectivity index (χ1v) is 9.67. The molecule has 2 atom stereocenters. The van der Waals surface area contributed by atoms with Crippen LogP contribution in [0.25, 0.3) is 0 Å². The number of fused-ring (bicyclic) bond motifs is 1. The van der Waals surface area contributed by atoms with E-state index in [4.69, 9.17) is 0 Å². The quantitative estimate of drug-likeness (QED) is 0.744. The maximum Gasteiger partial charge on any atom is 0.0306 e. The van der Waals surface area contributed by atoms with Crippen LogP contribution in [0, 0.1) is 0 Å². The summed E-state index contributed by atoms with van der Waals surface area (Å²) in [6.07, 6.45) is 5.54. The molecular weight excluding hydrogens is 299 g/mol. The SMILES string of the molecule is c1ccc(CN2PN(Cc3ccccc3)[C@@H]3CCCC[C@H]32)cc1. The van der Waals surface area contributed by atoms with E-state index < -0.39 is 0 Å². The Morgan fingerprint density at radius 3 is 1.57 bits per heavy atom. The van der Waals surface area contributed by atoms with E-state index in [-0.39, 0.29) is 0 Å². The summed E-state index contributed by atoms with van der Waals surface area (Å²) in [5.41, 5.74) is 2.90. The zero-order valence-corrected chi connectivity index (χ0v) is 14.6. The molecule has 0 aromatic heterocycles. The van der Waals surface area contributed by atoms with Gasteiger partial charge in [0.2, 0.25) is 0 Å². The molecule has 0 unspecified atom stereocenters. The Bertz CT molecular complexity index is 561. The van der Waals surface area contributed by atoms with Crippen LogP contribution in [0.5, 0.6) is 0 Å². The van der Waals surface area contributed by atoms with Crippen LogP contribution in [0.3, 0.4) is 0 Å². The molecule has 1 aliphatic carbocycles. The first kappa shape index (κ1) is 15.3. The summed E-state index contributed by atoms with van der Waals surface area (Å²) in [6.45, 7) is 2.21. The van der Waals surface area contributed by atoms with Gasteiger partial charge in [-0.2, -0.15) is 0 Å². The lowest BCUT2D eigenvalue weighted by atomic mass is 9.90. The summed E-state index contributed by atoms with van der Waals surface area (Å²) >= 11 is 0. The largest absolute Gasteiger partial charge is 0.263 e. The van der Waals surface area contributed by atoms with Crippen LogP contribution < -0.4 is 0 Å². The Morgan fingerprint density at radius 2 is 1.13 bits per heavy atom. The van der Waals surface area contributed by atoms with Crippen molar-refractivity contribution in [1.29, 1.82) is 0 Å². The molecule has 120 valence electrons. The minimum atomic E-state index is 0.756. The fourth-order valence-electron chi connectivity index (χ4n) is 4.00. The molecule has 23 heavy (non-hydrogen) atoms. The topological polar surface area (TPSA) is 6.48 Å².